The fourth-order valence-electron chi connectivity index (χ4n) is 2.08. The van der Waals surface area contributed by atoms with Crippen LogP contribution in [0, 0.1) is 0 Å². The highest BCUT2D eigenvalue weighted by atomic mass is 16.1. The molecule has 1 amide bonds. The second-order valence-electron chi connectivity index (χ2n) is 5.67. The van der Waals surface area contributed by atoms with E-state index in [1.54, 1.807) is 12.3 Å². The first-order valence-corrected chi connectivity index (χ1v) is 7.83. The van der Waals surface area contributed by atoms with Crippen LogP contribution in [-0.4, -0.2) is 43.0 Å². The number of aryl methyl sites for hydroxylation is 1. The number of nitrogens with zero attached hydrogens (tertiary/aromatic N) is 2. The first-order chi connectivity index (χ1) is 11.1. The van der Waals surface area contributed by atoms with Crippen LogP contribution in [0.1, 0.15) is 23.0 Å². The summed E-state index contributed by atoms with van der Waals surface area (Å²) >= 11 is 0. The monoisotopic (exact) mass is 312 g/mol. The molecule has 5 nitrogen and oxygen atoms in total. The maximum Gasteiger partial charge on any atom is 0.269 e. The number of rotatable bonds is 7. The molecule has 0 saturated carbocycles. The summed E-state index contributed by atoms with van der Waals surface area (Å²) < 4.78 is 0. The van der Waals surface area contributed by atoms with Gasteiger partial charge < -0.3 is 15.5 Å². The van der Waals surface area contributed by atoms with Gasteiger partial charge >= 0.3 is 0 Å². The van der Waals surface area contributed by atoms with Crippen LogP contribution < -0.4 is 10.6 Å². The van der Waals surface area contributed by atoms with Crippen molar-refractivity contribution in [3.63, 3.8) is 0 Å². The molecule has 5 heteroatoms. The third kappa shape index (κ3) is 5.38. The Morgan fingerprint density at radius 2 is 1.78 bits per heavy atom. The van der Waals surface area contributed by atoms with Crippen molar-refractivity contribution in [3.05, 3.63) is 53.9 Å². The Labute approximate surface area is 137 Å². The molecular formula is C18H24N4O. The average Bonchev–Trinajstić information content (AvgIpc) is 2.56. The van der Waals surface area contributed by atoms with Crippen LogP contribution in [0.5, 0.6) is 0 Å². The summed E-state index contributed by atoms with van der Waals surface area (Å²) in [6.07, 6.45) is 2.70. The van der Waals surface area contributed by atoms with Crippen LogP contribution in [0.25, 0.3) is 0 Å². The van der Waals surface area contributed by atoms with Gasteiger partial charge in [0.15, 0.2) is 0 Å². The molecule has 1 aromatic carbocycles. The van der Waals surface area contributed by atoms with E-state index < -0.39 is 0 Å². The van der Waals surface area contributed by atoms with Gasteiger partial charge in [-0.25, -0.2) is 4.98 Å². The third-order valence-corrected chi connectivity index (χ3v) is 3.49. The van der Waals surface area contributed by atoms with Crippen molar-refractivity contribution in [1.29, 1.82) is 0 Å². The minimum Gasteiger partial charge on any atom is -0.354 e. The Hall–Kier alpha value is -2.40. The summed E-state index contributed by atoms with van der Waals surface area (Å²) in [5.74, 6) is -0.148. The molecular weight excluding hydrogens is 288 g/mol. The smallest absolute Gasteiger partial charge is 0.269 e. The minimum absolute atomic E-state index is 0.148. The zero-order chi connectivity index (χ0) is 16.7. The highest BCUT2D eigenvalue weighted by Crippen LogP contribution is 2.16. The van der Waals surface area contributed by atoms with Crippen molar-refractivity contribution < 1.29 is 4.79 Å². The lowest BCUT2D eigenvalue weighted by Gasteiger charge is -2.10. The number of anilines is 2. The van der Waals surface area contributed by atoms with Gasteiger partial charge in [-0.05, 0) is 50.3 Å². The molecule has 2 N–H and O–H groups in total. The Balaban J connectivity index is 1.91. The zero-order valence-corrected chi connectivity index (χ0v) is 14.0. The number of likely N-dealkylation sites (N-methyl/N-ethyl adjacent to an activating group) is 1. The number of pyridine rings is 1. The van der Waals surface area contributed by atoms with E-state index in [-0.39, 0.29) is 5.91 Å². The van der Waals surface area contributed by atoms with Crippen LogP contribution in [0.4, 0.5) is 11.4 Å². The number of carbonyl (C=O) groups excluding carboxylic acids is 1. The Bertz CT molecular complexity index is 620. The molecule has 2 aromatic rings. The molecule has 0 bridgehead atoms. The van der Waals surface area contributed by atoms with Crippen molar-refractivity contribution in [2.45, 2.75) is 13.3 Å². The van der Waals surface area contributed by atoms with Crippen molar-refractivity contribution >= 4 is 17.3 Å². The molecule has 0 saturated heterocycles. The van der Waals surface area contributed by atoms with Crippen molar-refractivity contribution in [1.82, 2.24) is 15.2 Å². The van der Waals surface area contributed by atoms with E-state index in [2.05, 4.69) is 34.7 Å². The lowest BCUT2D eigenvalue weighted by atomic mass is 10.1. The highest BCUT2D eigenvalue weighted by molar-refractivity contribution is 5.92. The van der Waals surface area contributed by atoms with E-state index in [0.29, 0.717) is 12.2 Å². The molecule has 1 aromatic heterocycles. The summed E-state index contributed by atoms with van der Waals surface area (Å²) in [6.45, 7) is 3.55. The topological polar surface area (TPSA) is 57.3 Å². The predicted molar refractivity (Wildman–Crippen MR) is 94.2 cm³/mol. The SMILES string of the molecule is CCc1ccc(Nc2ccc(C(=O)NCCN(C)C)nc2)cc1. The number of benzene rings is 1. The number of carbonyl (C=O) groups is 1. The first kappa shape index (κ1) is 17.0. The van der Waals surface area contributed by atoms with Crippen LogP contribution in [0.3, 0.4) is 0 Å². The number of hydrogen-bond acceptors (Lipinski definition) is 4. The standard InChI is InChI=1S/C18H24N4O/c1-4-14-5-7-15(8-6-14)21-16-9-10-17(20-13-16)18(23)19-11-12-22(2)3/h5-10,13,21H,4,11-12H2,1-3H3,(H,19,23). The molecule has 0 spiro atoms. The number of aromatic nitrogens is 1. The quantitative estimate of drug-likeness (QED) is 0.825. The van der Waals surface area contributed by atoms with Gasteiger partial charge in [-0.2, -0.15) is 0 Å². The number of amides is 1. The summed E-state index contributed by atoms with van der Waals surface area (Å²) in [5.41, 5.74) is 3.60. The highest BCUT2D eigenvalue weighted by Gasteiger charge is 2.06. The molecule has 0 fully saturated rings. The van der Waals surface area contributed by atoms with Gasteiger partial charge in [0.1, 0.15) is 5.69 Å². The number of nitrogens with one attached hydrogen (secondary N) is 2. The maximum atomic E-state index is 12.0. The molecule has 0 atom stereocenters. The van der Waals surface area contributed by atoms with Gasteiger partial charge in [0, 0.05) is 18.8 Å². The van der Waals surface area contributed by atoms with Gasteiger partial charge in [0.05, 0.1) is 11.9 Å². The van der Waals surface area contributed by atoms with Gasteiger partial charge in [0.2, 0.25) is 0 Å². The maximum absolute atomic E-state index is 12.0. The molecule has 23 heavy (non-hydrogen) atoms. The van der Waals surface area contributed by atoms with Gasteiger partial charge in [-0.1, -0.05) is 19.1 Å². The van der Waals surface area contributed by atoms with Gasteiger partial charge in [-0.15, -0.1) is 0 Å². The number of hydrogen-bond donors (Lipinski definition) is 2. The Morgan fingerprint density at radius 1 is 1.09 bits per heavy atom. The lowest BCUT2D eigenvalue weighted by molar-refractivity contribution is 0.0946. The first-order valence-electron chi connectivity index (χ1n) is 7.83. The second kappa shape index (κ2) is 8.29. The summed E-state index contributed by atoms with van der Waals surface area (Å²) in [5, 5.41) is 6.13. The van der Waals surface area contributed by atoms with E-state index in [4.69, 9.17) is 0 Å². The molecule has 0 aliphatic heterocycles. The average molecular weight is 312 g/mol. The minimum atomic E-state index is -0.148. The van der Waals surface area contributed by atoms with Gasteiger partial charge in [-0.3, -0.25) is 4.79 Å². The Morgan fingerprint density at radius 3 is 2.35 bits per heavy atom. The molecule has 0 unspecified atom stereocenters. The fourth-order valence-corrected chi connectivity index (χ4v) is 2.08. The zero-order valence-electron chi connectivity index (χ0n) is 14.0. The van der Waals surface area contributed by atoms with E-state index in [1.165, 1.54) is 5.56 Å². The largest absolute Gasteiger partial charge is 0.354 e. The van der Waals surface area contributed by atoms with E-state index in [1.807, 2.05) is 37.2 Å². The predicted octanol–water partition coefficient (Wildman–Crippen LogP) is 2.68. The van der Waals surface area contributed by atoms with Crippen molar-refractivity contribution in [2.24, 2.45) is 0 Å². The normalized spacial score (nSPS) is 10.6. The summed E-state index contributed by atoms with van der Waals surface area (Å²) in [4.78, 5) is 18.2. The van der Waals surface area contributed by atoms with Crippen molar-refractivity contribution in [2.75, 3.05) is 32.5 Å². The second-order valence-corrected chi connectivity index (χ2v) is 5.67. The van der Waals surface area contributed by atoms with Gasteiger partial charge in [0.25, 0.3) is 5.91 Å². The molecule has 2 rings (SSSR count). The van der Waals surface area contributed by atoms with Crippen LogP contribution in [0.2, 0.25) is 0 Å². The van der Waals surface area contributed by atoms with E-state index in [0.717, 1.165) is 24.3 Å². The molecule has 0 aliphatic rings. The van der Waals surface area contributed by atoms with Crippen LogP contribution in [-0.2, 0) is 6.42 Å². The van der Waals surface area contributed by atoms with Crippen molar-refractivity contribution in [3.8, 4) is 0 Å². The van der Waals surface area contributed by atoms with E-state index in [9.17, 15) is 4.79 Å². The molecule has 0 aliphatic carbocycles. The lowest BCUT2D eigenvalue weighted by Crippen LogP contribution is -2.31. The Kier molecular flexibility index (Phi) is 6.11. The van der Waals surface area contributed by atoms with Crippen LogP contribution >= 0.6 is 0 Å². The summed E-state index contributed by atoms with van der Waals surface area (Å²) in [6, 6.07) is 11.9. The molecule has 1 heterocycles. The fraction of sp³-hybridized carbons (Fsp3) is 0.333. The molecule has 122 valence electrons. The molecule has 0 radical (unpaired) electrons. The van der Waals surface area contributed by atoms with Crippen LogP contribution in [0.15, 0.2) is 42.6 Å². The summed E-state index contributed by atoms with van der Waals surface area (Å²) in [7, 11) is 3.94. The third-order valence-electron chi connectivity index (χ3n) is 3.49. The van der Waals surface area contributed by atoms with E-state index >= 15 is 0 Å².